The summed E-state index contributed by atoms with van der Waals surface area (Å²) in [5, 5.41) is 0. The van der Waals surface area contributed by atoms with Crippen LogP contribution in [-0.4, -0.2) is 4.02 Å². The predicted octanol–water partition coefficient (Wildman–Crippen LogP) is 1.86. The molecule has 0 aromatic heterocycles. The van der Waals surface area contributed by atoms with Gasteiger partial charge in [0.05, 0.1) is 0 Å². The summed E-state index contributed by atoms with van der Waals surface area (Å²) in [6.07, 6.45) is 1.75. The van der Waals surface area contributed by atoms with Gasteiger partial charge in [-0.3, -0.25) is 0 Å². The summed E-state index contributed by atoms with van der Waals surface area (Å²) < 4.78 is 1.00. The van der Waals surface area contributed by atoms with Gasteiger partial charge in [-0.1, -0.05) is 19.9 Å². The van der Waals surface area contributed by atoms with Gasteiger partial charge in [0.2, 0.25) is 0 Å². The molecule has 56 valence electrons. The van der Waals surface area contributed by atoms with Crippen molar-refractivity contribution in [1.82, 2.24) is 0 Å². The molecule has 2 heteroatoms. The average molecular weight is 299 g/mol. The summed E-state index contributed by atoms with van der Waals surface area (Å²) >= 11 is 1.37. The molecule has 0 aliphatic heterocycles. The Morgan fingerprint density at radius 1 is 1.56 bits per heavy atom. The summed E-state index contributed by atoms with van der Waals surface area (Å²) in [4.78, 5) is 0. The number of hydrogen-bond acceptors (Lipinski definition) is 1. The van der Waals surface area contributed by atoms with Gasteiger partial charge in [-0.15, -0.1) is 6.58 Å². The molecule has 0 unspecified atom stereocenters. The van der Waals surface area contributed by atoms with Crippen molar-refractivity contribution in [3.8, 4) is 0 Å². The second-order valence-electron chi connectivity index (χ2n) is 1.02. The van der Waals surface area contributed by atoms with E-state index in [1.165, 1.54) is 19.4 Å². The molecule has 0 radical (unpaired) electrons. The van der Waals surface area contributed by atoms with Crippen LogP contribution in [0.2, 0.25) is 0 Å². The van der Waals surface area contributed by atoms with Crippen molar-refractivity contribution in [2.24, 2.45) is 5.73 Å². The topological polar surface area (TPSA) is 26.0 Å². The van der Waals surface area contributed by atoms with Crippen molar-refractivity contribution in [2.75, 3.05) is 0 Å². The molecule has 9 heavy (non-hydrogen) atoms. The van der Waals surface area contributed by atoms with Crippen LogP contribution in [0, 0.1) is 0 Å². The molecule has 1 nitrogen and oxygen atoms in total. The standard InChI is InChI=1S/C3H6.C2H5N.C2H6.W/c1-3-2;1-2-3;1-2;/h3H,1H2,2H3;3H2,1H3;1-2H3;. The van der Waals surface area contributed by atoms with Crippen molar-refractivity contribution in [3.05, 3.63) is 12.7 Å². The number of nitrogens with two attached hydrogens (primary N) is 1. The van der Waals surface area contributed by atoms with Gasteiger partial charge in [0.25, 0.3) is 0 Å². The van der Waals surface area contributed by atoms with Crippen LogP contribution in [0.5, 0.6) is 0 Å². The molecule has 0 rings (SSSR count). The molecule has 0 bridgehead atoms. The zero-order chi connectivity index (χ0) is 8.28. The molecule has 2 N–H and O–H groups in total. The second-order valence-corrected chi connectivity index (χ2v) is 3.33. The first-order valence-electron chi connectivity index (χ1n) is 2.98. The van der Waals surface area contributed by atoms with Crippen LogP contribution in [0.15, 0.2) is 12.7 Å². The number of hydrogen-bond donors (Lipinski definition) is 1. The van der Waals surface area contributed by atoms with Crippen LogP contribution in [0.25, 0.3) is 0 Å². The van der Waals surface area contributed by atoms with E-state index in [-0.39, 0.29) is 0 Å². The molecule has 0 fully saturated rings. The summed E-state index contributed by atoms with van der Waals surface area (Å²) in [6, 6.07) is 0. The van der Waals surface area contributed by atoms with Gasteiger partial charge >= 0.3 is 36.0 Å². The van der Waals surface area contributed by atoms with Crippen LogP contribution in [0.4, 0.5) is 0 Å². The van der Waals surface area contributed by atoms with Crippen molar-refractivity contribution in [3.63, 3.8) is 0 Å². The Hall–Kier alpha value is 0.258. The van der Waals surface area contributed by atoms with Crippen molar-refractivity contribution in [2.45, 2.75) is 27.7 Å². The molecule has 0 heterocycles. The fourth-order valence-electron chi connectivity index (χ4n) is 0. The van der Waals surface area contributed by atoms with Crippen LogP contribution in [0.1, 0.15) is 27.7 Å². The van der Waals surface area contributed by atoms with E-state index in [9.17, 15) is 0 Å². The Bertz CT molecular complexity index is 55.9. The third kappa shape index (κ3) is 4850. The molecule has 0 aliphatic rings. The quantitative estimate of drug-likeness (QED) is 0.679. The fourth-order valence-corrected chi connectivity index (χ4v) is 0. The Morgan fingerprint density at radius 2 is 1.56 bits per heavy atom. The monoisotopic (exact) mass is 299 g/mol. The maximum atomic E-state index is 5.06. The van der Waals surface area contributed by atoms with Gasteiger partial charge in [0.1, 0.15) is 0 Å². The molecule has 0 amide bonds. The SMILES string of the molecule is C=CC.CC.C[C](N)=[W]. The summed E-state index contributed by atoms with van der Waals surface area (Å²) in [5.74, 6) is 0. The molecular weight excluding hydrogens is 282 g/mol. The minimum atomic E-state index is 1.00. The normalized spacial score (nSPS) is 5.00. The van der Waals surface area contributed by atoms with Crippen molar-refractivity contribution < 1.29 is 19.4 Å². The van der Waals surface area contributed by atoms with Crippen LogP contribution < -0.4 is 5.73 Å². The molecule has 0 saturated heterocycles. The van der Waals surface area contributed by atoms with Crippen LogP contribution in [0.3, 0.4) is 0 Å². The minimum absolute atomic E-state index is 1.00. The van der Waals surface area contributed by atoms with E-state index in [2.05, 4.69) is 6.58 Å². The Labute approximate surface area is 69.7 Å². The van der Waals surface area contributed by atoms with Gasteiger partial charge < -0.3 is 0 Å². The third-order valence-electron chi connectivity index (χ3n) is 0. The Balaban J connectivity index is -0.0000000646. The maximum absolute atomic E-state index is 5.06. The van der Waals surface area contributed by atoms with E-state index in [1.807, 2.05) is 27.7 Å². The first-order chi connectivity index (χ1) is 4.15. The fraction of sp³-hybridized carbons (Fsp3) is 0.571. The first-order valence-corrected chi connectivity index (χ1v) is 4.45. The van der Waals surface area contributed by atoms with Gasteiger partial charge in [-0.05, 0) is 6.92 Å². The number of allylic oxidation sites excluding steroid dienone is 1. The molecule has 0 aromatic carbocycles. The van der Waals surface area contributed by atoms with E-state index < -0.39 is 0 Å². The first kappa shape index (κ1) is 16.1. The number of rotatable bonds is 0. The molecule has 0 aliphatic carbocycles. The zero-order valence-corrected chi connectivity index (χ0v) is 9.70. The van der Waals surface area contributed by atoms with E-state index in [4.69, 9.17) is 5.73 Å². The van der Waals surface area contributed by atoms with E-state index >= 15 is 0 Å². The Morgan fingerprint density at radius 3 is 1.56 bits per heavy atom. The van der Waals surface area contributed by atoms with Crippen LogP contribution >= 0.6 is 0 Å². The molecular formula is C7H17NW. The van der Waals surface area contributed by atoms with Gasteiger partial charge in [0.15, 0.2) is 0 Å². The van der Waals surface area contributed by atoms with Gasteiger partial charge in [0, 0.05) is 0 Å². The molecule has 0 spiro atoms. The van der Waals surface area contributed by atoms with Gasteiger partial charge in [-0.2, -0.15) is 0 Å². The van der Waals surface area contributed by atoms with E-state index in [0.29, 0.717) is 0 Å². The zero-order valence-electron chi connectivity index (χ0n) is 6.77. The van der Waals surface area contributed by atoms with Crippen molar-refractivity contribution in [1.29, 1.82) is 0 Å². The van der Waals surface area contributed by atoms with E-state index in [1.54, 1.807) is 6.08 Å². The molecule has 0 saturated carbocycles. The summed E-state index contributed by atoms with van der Waals surface area (Å²) in [6.45, 7) is 11.1. The summed E-state index contributed by atoms with van der Waals surface area (Å²) in [5.41, 5.74) is 5.06. The third-order valence-corrected chi connectivity index (χ3v) is 0. The second kappa shape index (κ2) is 24.0. The average Bonchev–Trinajstić information content (AvgIpc) is 1.71. The van der Waals surface area contributed by atoms with Gasteiger partial charge in [-0.25, -0.2) is 0 Å². The summed E-state index contributed by atoms with van der Waals surface area (Å²) in [7, 11) is 0. The predicted molar refractivity (Wildman–Crippen MR) is 42.1 cm³/mol. The Kier molecular flexibility index (Phi) is 43.0. The molecule has 0 atom stereocenters. The van der Waals surface area contributed by atoms with Crippen LogP contribution in [-0.2, 0) is 19.4 Å². The molecule has 0 aromatic rings. The van der Waals surface area contributed by atoms with E-state index in [0.717, 1.165) is 4.02 Å². The van der Waals surface area contributed by atoms with Crippen molar-refractivity contribution >= 4 is 4.02 Å².